The van der Waals surface area contributed by atoms with Crippen molar-refractivity contribution in [3.8, 4) is 0 Å². The van der Waals surface area contributed by atoms with E-state index in [4.69, 9.17) is 5.11 Å². The predicted molar refractivity (Wildman–Crippen MR) is 18.4 cm³/mol. The van der Waals surface area contributed by atoms with E-state index >= 15 is 0 Å². The van der Waals surface area contributed by atoms with Crippen LogP contribution >= 0.6 is 9.90 Å². The van der Waals surface area contributed by atoms with Gasteiger partial charge in [-0.25, -0.2) is 7.11 Å². The second-order valence-corrected chi connectivity index (χ2v) is 0. The van der Waals surface area contributed by atoms with E-state index in [1.165, 1.54) is 0 Å². The molecule has 0 aromatic heterocycles. The smallest absolute Gasteiger partial charge is 0 e. The fourth-order valence-electron chi connectivity index (χ4n) is 0. The Hall–Kier alpha value is 0.974. The summed E-state index contributed by atoms with van der Waals surface area (Å²) in [6, 6.07) is 0. The van der Waals surface area contributed by atoms with Gasteiger partial charge in [0.1, 0.15) is 0 Å². The molecule has 0 saturated carbocycles. The van der Waals surface area contributed by atoms with E-state index in [2.05, 4.69) is 7.11 Å². The standard InChI is InChI=1S/CH3O.H3P.V/c1-2;;/h2H,1H2;1H3;/q-1;;. The van der Waals surface area contributed by atoms with Gasteiger partial charge in [-0.3, -0.25) is 0 Å². The van der Waals surface area contributed by atoms with Crippen molar-refractivity contribution < 1.29 is 23.7 Å². The van der Waals surface area contributed by atoms with Gasteiger partial charge < -0.3 is 5.11 Å². The predicted octanol–water partition coefficient (Wildman–Crippen LogP) is 0.206. The van der Waals surface area contributed by atoms with Crippen molar-refractivity contribution in [3.05, 3.63) is 7.11 Å². The Balaban J connectivity index is -0.00000000500. The molecule has 1 radical (unpaired) electrons. The SMILES string of the molecule is P.[CH2-]O.[V]. The zero-order chi connectivity index (χ0) is 2.00. The van der Waals surface area contributed by atoms with Crippen LogP contribution in [0.5, 0.6) is 0 Å². The van der Waals surface area contributed by atoms with Crippen LogP contribution in [-0.2, 0) is 18.6 Å². The van der Waals surface area contributed by atoms with Crippen molar-refractivity contribution >= 4 is 9.90 Å². The minimum absolute atomic E-state index is 0. The molecule has 1 N–H and O–H groups in total. The number of aliphatic hydroxyl groups excluding tert-OH is 1. The maximum atomic E-state index is 6.75. The average Bonchev–Trinajstić information content (AvgIpc) is 1.00. The summed E-state index contributed by atoms with van der Waals surface area (Å²) >= 11 is 0. The van der Waals surface area contributed by atoms with Gasteiger partial charge in [-0.1, -0.05) is 0 Å². The molecule has 1 nitrogen and oxygen atoms in total. The van der Waals surface area contributed by atoms with Crippen LogP contribution in [0.2, 0.25) is 0 Å². The molecule has 0 fully saturated rings. The van der Waals surface area contributed by atoms with Gasteiger partial charge in [-0.05, 0) is 0 Å². The summed E-state index contributed by atoms with van der Waals surface area (Å²) in [7, 11) is 2.25. The molecule has 0 heterocycles. The molecule has 27 valence electrons. The third-order valence-corrected chi connectivity index (χ3v) is 0. The zero-order valence-corrected chi connectivity index (χ0v) is 5.12. The van der Waals surface area contributed by atoms with Crippen LogP contribution in [-0.4, -0.2) is 5.11 Å². The molecule has 0 spiro atoms. The monoisotopic (exact) mass is 116 g/mol. The first kappa shape index (κ1) is 20.2. The van der Waals surface area contributed by atoms with Gasteiger partial charge >= 0.3 is 0 Å². The van der Waals surface area contributed by atoms with E-state index in [-0.39, 0.29) is 28.5 Å². The first-order valence-electron chi connectivity index (χ1n) is 0.316. The number of hydrogen-bond acceptors (Lipinski definition) is 1. The number of hydrogen-bond donors (Lipinski definition) is 1. The first-order chi connectivity index (χ1) is 1.00. The Bertz CT molecular complexity index is 8.00. The third kappa shape index (κ3) is 12.2. The van der Waals surface area contributed by atoms with E-state index in [0.29, 0.717) is 0 Å². The summed E-state index contributed by atoms with van der Waals surface area (Å²) in [4.78, 5) is 0. The quantitative estimate of drug-likeness (QED) is 0.354. The number of aliphatic hydroxyl groups is 1. The molecule has 0 aliphatic heterocycles. The van der Waals surface area contributed by atoms with Gasteiger partial charge in [0, 0.05) is 18.6 Å². The molecule has 0 aromatic rings. The Morgan fingerprint density at radius 1 is 1.25 bits per heavy atom. The minimum atomic E-state index is 0. The molecule has 0 bridgehead atoms. The third-order valence-electron chi connectivity index (χ3n) is 0. The maximum absolute atomic E-state index is 6.75. The minimum Gasteiger partial charge on any atom is -0.569 e. The van der Waals surface area contributed by atoms with E-state index in [9.17, 15) is 0 Å². The summed E-state index contributed by atoms with van der Waals surface area (Å²) in [5.74, 6) is 0. The summed E-state index contributed by atoms with van der Waals surface area (Å²) in [6.45, 7) is 0. The molecule has 0 aliphatic rings. The molecule has 0 aromatic carbocycles. The van der Waals surface area contributed by atoms with Crippen molar-refractivity contribution in [2.24, 2.45) is 0 Å². The van der Waals surface area contributed by atoms with Gasteiger partial charge in [0.2, 0.25) is 0 Å². The summed E-state index contributed by atoms with van der Waals surface area (Å²) in [6.07, 6.45) is 0. The van der Waals surface area contributed by atoms with Crippen LogP contribution in [0.1, 0.15) is 0 Å². The fourth-order valence-corrected chi connectivity index (χ4v) is 0. The Morgan fingerprint density at radius 2 is 1.25 bits per heavy atom. The Kier molecular flexibility index (Phi) is 187. The van der Waals surface area contributed by atoms with Crippen LogP contribution in [0.25, 0.3) is 0 Å². The van der Waals surface area contributed by atoms with Crippen molar-refractivity contribution in [1.29, 1.82) is 0 Å². The van der Waals surface area contributed by atoms with Crippen molar-refractivity contribution in [1.82, 2.24) is 0 Å². The van der Waals surface area contributed by atoms with E-state index in [1.54, 1.807) is 0 Å². The molecule has 4 heavy (non-hydrogen) atoms. The van der Waals surface area contributed by atoms with Crippen molar-refractivity contribution in [2.45, 2.75) is 0 Å². The topological polar surface area (TPSA) is 20.2 Å². The molecule has 1 unspecified atom stereocenters. The molecule has 1 atom stereocenters. The van der Waals surface area contributed by atoms with Crippen LogP contribution in [0.4, 0.5) is 0 Å². The summed E-state index contributed by atoms with van der Waals surface area (Å²) in [5.41, 5.74) is 0. The van der Waals surface area contributed by atoms with Crippen LogP contribution < -0.4 is 0 Å². The van der Waals surface area contributed by atoms with Crippen molar-refractivity contribution in [3.63, 3.8) is 0 Å². The first-order valence-corrected chi connectivity index (χ1v) is 0.316. The molecular weight excluding hydrogens is 110 g/mol. The van der Waals surface area contributed by atoms with E-state index < -0.39 is 0 Å². The van der Waals surface area contributed by atoms with Gasteiger partial charge in [-0.15, -0.1) is 0 Å². The van der Waals surface area contributed by atoms with Crippen molar-refractivity contribution in [2.75, 3.05) is 0 Å². The fraction of sp³-hybridized carbons (Fsp3) is 0. The summed E-state index contributed by atoms with van der Waals surface area (Å²) in [5, 5.41) is 6.75. The van der Waals surface area contributed by atoms with E-state index in [1.807, 2.05) is 0 Å². The largest absolute Gasteiger partial charge is 0.569 e. The Morgan fingerprint density at radius 3 is 1.25 bits per heavy atom. The zero-order valence-electron chi connectivity index (χ0n) is 2.31. The van der Waals surface area contributed by atoms with Crippen LogP contribution in [0.15, 0.2) is 0 Å². The molecule has 3 heteroatoms. The second kappa shape index (κ2) is 37.0. The normalized spacial score (nSPS) is 1.50. The Labute approximate surface area is 41.3 Å². The molecule has 0 amide bonds. The molecule has 0 aliphatic carbocycles. The van der Waals surface area contributed by atoms with E-state index in [0.717, 1.165) is 0 Å². The number of rotatable bonds is 0. The van der Waals surface area contributed by atoms with Gasteiger partial charge in [0.25, 0.3) is 0 Å². The average molecular weight is 116 g/mol. The molecular formula is CH6OPV-. The molecule has 0 rings (SSSR count). The van der Waals surface area contributed by atoms with Crippen LogP contribution in [0.3, 0.4) is 0 Å². The van der Waals surface area contributed by atoms with Gasteiger partial charge in [0.15, 0.2) is 0 Å². The maximum Gasteiger partial charge on any atom is 0 e. The second-order valence-electron chi connectivity index (χ2n) is 0. The van der Waals surface area contributed by atoms with Crippen LogP contribution in [0, 0.1) is 7.11 Å². The van der Waals surface area contributed by atoms with Gasteiger partial charge in [0.05, 0.1) is 0 Å². The molecule has 0 saturated heterocycles. The summed E-state index contributed by atoms with van der Waals surface area (Å²) < 4.78 is 0. The van der Waals surface area contributed by atoms with Gasteiger partial charge in [-0.2, -0.15) is 9.90 Å².